The Kier molecular flexibility index (Phi) is 8.74. The van der Waals surface area contributed by atoms with Gasteiger partial charge in [0.1, 0.15) is 30.4 Å². The van der Waals surface area contributed by atoms with Gasteiger partial charge >= 0.3 is 11.9 Å². The Hall–Kier alpha value is -1.87. The van der Waals surface area contributed by atoms with E-state index in [0.29, 0.717) is 12.8 Å². The highest BCUT2D eigenvalue weighted by Crippen LogP contribution is 2.37. The monoisotopic (exact) mass is 436 g/mol. The van der Waals surface area contributed by atoms with Crippen LogP contribution in [-0.2, 0) is 33.3 Å². The fourth-order valence-electron chi connectivity index (χ4n) is 3.50. The van der Waals surface area contributed by atoms with E-state index in [4.69, 9.17) is 23.7 Å². The van der Waals surface area contributed by atoms with E-state index in [1.54, 1.807) is 14.2 Å². The normalized spacial score (nSPS) is 30.8. The molecule has 0 unspecified atom stereocenters. The van der Waals surface area contributed by atoms with Gasteiger partial charge in [-0.3, -0.25) is 9.59 Å². The van der Waals surface area contributed by atoms with E-state index in [0.717, 1.165) is 4.90 Å². The third-order valence-electron chi connectivity index (χ3n) is 5.00. The summed E-state index contributed by atoms with van der Waals surface area (Å²) in [5.41, 5.74) is -0.432. The van der Waals surface area contributed by atoms with Gasteiger partial charge < -0.3 is 23.7 Å². The molecule has 0 aromatic heterocycles. The Morgan fingerprint density at radius 3 is 2.27 bits per heavy atom. The zero-order valence-electron chi connectivity index (χ0n) is 17.2. The number of carbonyl (C=O) groups excluding carboxylic acids is 2. The molecule has 2 heterocycles. The molecule has 2 aliphatic heterocycles. The number of esters is 2. The number of carbonyl (C=O) groups is 2. The largest absolute Gasteiger partial charge is 0.463 e. The second-order valence-corrected chi connectivity index (χ2v) is 8.23. The zero-order chi connectivity index (χ0) is 21.3. The summed E-state index contributed by atoms with van der Waals surface area (Å²) in [7, 11) is 3.12. The first-order valence-electron chi connectivity index (χ1n) is 10.0. The van der Waals surface area contributed by atoms with Gasteiger partial charge in [0.25, 0.3) is 0 Å². The SMILES string of the molecule is CO[C@@H]1[C@@H](OC)[C@H](Sc2ccccc2)O[C@@H]2COC(=O)CCC=CCCC(=O)O[C@@H]12. The fourth-order valence-corrected chi connectivity index (χ4v) is 4.68. The van der Waals surface area contributed by atoms with E-state index in [2.05, 4.69) is 0 Å². The van der Waals surface area contributed by atoms with E-state index in [-0.39, 0.29) is 31.4 Å². The van der Waals surface area contributed by atoms with Crippen LogP contribution in [0.3, 0.4) is 0 Å². The van der Waals surface area contributed by atoms with Gasteiger partial charge in [-0.2, -0.15) is 0 Å². The molecule has 2 aliphatic rings. The molecule has 7 nitrogen and oxygen atoms in total. The summed E-state index contributed by atoms with van der Waals surface area (Å²) >= 11 is 1.49. The smallest absolute Gasteiger partial charge is 0.306 e. The van der Waals surface area contributed by atoms with Gasteiger partial charge in [-0.05, 0) is 25.0 Å². The molecule has 164 valence electrons. The topological polar surface area (TPSA) is 80.3 Å². The highest BCUT2D eigenvalue weighted by atomic mass is 32.2. The number of fused-ring (bicyclic) bond motifs is 1. The van der Waals surface area contributed by atoms with Crippen LogP contribution in [0, 0.1) is 0 Å². The van der Waals surface area contributed by atoms with E-state index in [1.807, 2.05) is 42.5 Å². The Bertz CT molecular complexity index is 723. The summed E-state index contributed by atoms with van der Waals surface area (Å²) in [5.74, 6) is -0.669. The van der Waals surface area contributed by atoms with Crippen molar-refractivity contribution in [3.05, 3.63) is 42.5 Å². The quantitative estimate of drug-likeness (QED) is 0.526. The van der Waals surface area contributed by atoms with Crippen LogP contribution in [0.4, 0.5) is 0 Å². The van der Waals surface area contributed by atoms with Crippen molar-refractivity contribution < 1.29 is 33.3 Å². The van der Waals surface area contributed by atoms with Crippen LogP contribution >= 0.6 is 11.8 Å². The number of thioether (sulfide) groups is 1. The van der Waals surface area contributed by atoms with E-state index >= 15 is 0 Å². The predicted molar refractivity (Wildman–Crippen MR) is 111 cm³/mol. The molecule has 0 amide bonds. The fraction of sp³-hybridized carbons (Fsp3) is 0.545. The Morgan fingerprint density at radius 1 is 0.933 bits per heavy atom. The van der Waals surface area contributed by atoms with Crippen molar-refractivity contribution in [2.45, 2.75) is 60.4 Å². The van der Waals surface area contributed by atoms with Gasteiger partial charge in [0.2, 0.25) is 0 Å². The summed E-state index contributed by atoms with van der Waals surface area (Å²) in [5, 5.41) is 0. The van der Waals surface area contributed by atoms with Gasteiger partial charge in [0.15, 0.2) is 6.10 Å². The van der Waals surface area contributed by atoms with Crippen molar-refractivity contribution >= 4 is 23.7 Å². The zero-order valence-corrected chi connectivity index (χ0v) is 18.0. The average Bonchev–Trinajstić information content (AvgIpc) is 2.76. The summed E-state index contributed by atoms with van der Waals surface area (Å²) in [6, 6.07) is 9.79. The number of methoxy groups -OCH3 is 2. The first-order chi connectivity index (χ1) is 14.6. The molecule has 5 atom stereocenters. The van der Waals surface area contributed by atoms with E-state index < -0.39 is 29.9 Å². The number of rotatable bonds is 4. The second kappa shape index (κ2) is 11.5. The molecular weight excluding hydrogens is 408 g/mol. The van der Waals surface area contributed by atoms with Crippen LogP contribution in [0.2, 0.25) is 0 Å². The van der Waals surface area contributed by atoms with Crippen LogP contribution in [-0.4, -0.2) is 62.6 Å². The molecule has 30 heavy (non-hydrogen) atoms. The average molecular weight is 437 g/mol. The van der Waals surface area contributed by atoms with E-state index in [9.17, 15) is 9.59 Å². The third kappa shape index (κ3) is 6.07. The number of allylic oxidation sites excluding steroid dienone is 2. The van der Waals surface area contributed by atoms with Crippen LogP contribution in [0.15, 0.2) is 47.4 Å². The minimum Gasteiger partial charge on any atom is -0.463 e. The van der Waals surface area contributed by atoms with Crippen molar-refractivity contribution in [2.75, 3.05) is 20.8 Å². The van der Waals surface area contributed by atoms with Gasteiger partial charge in [0, 0.05) is 32.0 Å². The van der Waals surface area contributed by atoms with Gasteiger partial charge in [-0.15, -0.1) is 0 Å². The maximum atomic E-state index is 12.4. The number of cyclic esters (lactones) is 1. The Labute approximate surface area is 181 Å². The molecule has 1 aromatic rings. The maximum absolute atomic E-state index is 12.4. The number of ether oxygens (including phenoxy) is 5. The molecular formula is C22H28O7S. The lowest BCUT2D eigenvalue weighted by atomic mass is 9.99. The Morgan fingerprint density at radius 2 is 1.60 bits per heavy atom. The van der Waals surface area contributed by atoms with Gasteiger partial charge in [0.05, 0.1) is 0 Å². The molecule has 0 radical (unpaired) electrons. The maximum Gasteiger partial charge on any atom is 0.306 e. The lowest BCUT2D eigenvalue weighted by Crippen LogP contribution is -2.60. The minimum absolute atomic E-state index is 0.0252. The highest BCUT2D eigenvalue weighted by molar-refractivity contribution is 7.99. The standard InChI is InChI=1S/C22H28O7S/c1-25-20-19-16(14-27-17(23)12-8-3-4-9-13-18(24)29-19)28-22(21(20)26-2)30-15-10-6-5-7-11-15/h3-7,10-11,16,19-22H,8-9,12-14H2,1-2H3/t16-,19-,20+,21-,22+/m1/s1. The van der Waals surface area contributed by atoms with Crippen LogP contribution in [0.5, 0.6) is 0 Å². The van der Waals surface area contributed by atoms with Gasteiger partial charge in [-0.1, -0.05) is 42.1 Å². The first kappa shape index (κ1) is 22.8. The van der Waals surface area contributed by atoms with Crippen LogP contribution < -0.4 is 0 Å². The first-order valence-corrected chi connectivity index (χ1v) is 10.9. The highest BCUT2D eigenvalue weighted by Gasteiger charge is 2.49. The summed E-state index contributed by atoms with van der Waals surface area (Å²) in [6.45, 7) is -0.0252. The molecule has 0 saturated carbocycles. The molecule has 8 heteroatoms. The van der Waals surface area contributed by atoms with Crippen molar-refractivity contribution in [1.82, 2.24) is 0 Å². The Balaban J connectivity index is 1.83. The van der Waals surface area contributed by atoms with Gasteiger partial charge in [-0.25, -0.2) is 0 Å². The van der Waals surface area contributed by atoms with Crippen molar-refractivity contribution in [3.63, 3.8) is 0 Å². The van der Waals surface area contributed by atoms with Crippen molar-refractivity contribution in [2.24, 2.45) is 0 Å². The lowest BCUT2D eigenvalue weighted by Gasteiger charge is -2.44. The second-order valence-electron chi connectivity index (χ2n) is 7.06. The minimum atomic E-state index is -0.752. The summed E-state index contributed by atoms with van der Waals surface area (Å²) < 4.78 is 28.8. The number of hydrogen-bond acceptors (Lipinski definition) is 8. The van der Waals surface area contributed by atoms with Crippen LogP contribution in [0.25, 0.3) is 0 Å². The molecule has 3 rings (SSSR count). The third-order valence-corrected chi connectivity index (χ3v) is 6.16. The van der Waals surface area contributed by atoms with Crippen molar-refractivity contribution in [1.29, 1.82) is 0 Å². The lowest BCUT2D eigenvalue weighted by molar-refractivity contribution is -0.234. The predicted octanol–water partition coefficient (Wildman–Crippen LogP) is 3.12. The number of hydrogen-bond donors (Lipinski definition) is 0. The molecule has 0 aliphatic carbocycles. The summed E-state index contributed by atoms with van der Waals surface area (Å²) in [6.07, 6.45) is 2.91. The molecule has 0 spiro atoms. The molecule has 0 N–H and O–H groups in total. The van der Waals surface area contributed by atoms with E-state index in [1.165, 1.54) is 11.8 Å². The van der Waals surface area contributed by atoms with Crippen LogP contribution in [0.1, 0.15) is 25.7 Å². The molecule has 0 bridgehead atoms. The molecule has 1 aromatic carbocycles. The molecule has 1 saturated heterocycles. The number of benzene rings is 1. The van der Waals surface area contributed by atoms with Crippen molar-refractivity contribution in [3.8, 4) is 0 Å². The molecule has 1 fully saturated rings. The summed E-state index contributed by atoms with van der Waals surface area (Å²) in [4.78, 5) is 25.5.